The van der Waals surface area contributed by atoms with E-state index in [1.807, 2.05) is 55.5 Å². The quantitative estimate of drug-likeness (QED) is 0.521. The van der Waals surface area contributed by atoms with E-state index in [9.17, 15) is 9.59 Å². The summed E-state index contributed by atoms with van der Waals surface area (Å²) in [4.78, 5) is 26.3. The van der Waals surface area contributed by atoms with Crippen LogP contribution in [0.25, 0.3) is 0 Å². The van der Waals surface area contributed by atoms with Crippen molar-refractivity contribution >= 4 is 39.3 Å². The van der Waals surface area contributed by atoms with E-state index in [0.29, 0.717) is 29.0 Å². The summed E-state index contributed by atoms with van der Waals surface area (Å²) < 4.78 is 6.29. The Hall–Kier alpha value is -2.37. The lowest BCUT2D eigenvalue weighted by molar-refractivity contribution is -0.138. The number of allylic oxidation sites excluding steroid dienone is 3. The van der Waals surface area contributed by atoms with Crippen molar-refractivity contribution in [1.82, 2.24) is 5.32 Å². The van der Waals surface area contributed by atoms with Crippen LogP contribution in [0.3, 0.4) is 0 Å². The monoisotopic (exact) mass is 499 g/mol. The number of hydrogen-bond donors (Lipinski definition) is 1. The molecule has 1 N–H and O–H groups in total. The zero-order valence-electron chi connectivity index (χ0n) is 17.4. The van der Waals surface area contributed by atoms with Crippen molar-refractivity contribution in [3.63, 3.8) is 0 Å². The molecule has 4 rings (SSSR count). The highest BCUT2D eigenvalue weighted by Gasteiger charge is 2.41. The number of carbonyl (C=O) groups excluding carboxylic acids is 2. The Bertz CT molecular complexity index is 1090. The van der Waals surface area contributed by atoms with Crippen LogP contribution in [0.2, 0.25) is 5.02 Å². The summed E-state index contributed by atoms with van der Waals surface area (Å²) in [6, 6.07) is 15.4. The van der Waals surface area contributed by atoms with Gasteiger partial charge in [-0.2, -0.15) is 0 Å². The number of carbonyl (C=O) groups is 2. The Morgan fingerprint density at radius 3 is 2.39 bits per heavy atom. The van der Waals surface area contributed by atoms with Crippen LogP contribution in [0.15, 0.2) is 75.5 Å². The zero-order chi connectivity index (χ0) is 22.1. The highest BCUT2D eigenvalue weighted by Crippen LogP contribution is 2.45. The average Bonchev–Trinajstić information content (AvgIpc) is 2.74. The summed E-state index contributed by atoms with van der Waals surface area (Å²) >= 11 is 9.50. The maximum absolute atomic E-state index is 13.5. The SMILES string of the molecule is CCOC(=O)C1=C(C)NC2=C(C(=O)C[C@H](c3ccc(Cl)cc3)C2)[C@H]1c1ccc(Br)cc1. The van der Waals surface area contributed by atoms with E-state index in [-0.39, 0.29) is 24.3 Å². The lowest BCUT2D eigenvalue weighted by Crippen LogP contribution is -2.36. The van der Waals surface area contributed by atoms with Crippen LogP contribution in [-0.4, -0.2) is 18.4 Å². The van der Waals surface area contributed by atoms with Crippen molar-refractivity contribution in [2.24, 2.45) is 0 Å². The van der Waals surface area contributed by atoms with Gasteiger partial charge in [0.15, 0.2) is 5.78 Å². The Morgan fingerprint density at radius 2 is 1.74 bits per heavy atom. The third-order valence-electron chi connectivity index (χ3n) is 5.87. The van der Waals surface area contributed by atoms with Crippen LogP contribution < -0.4 is 5.32 Å². The Balaban J connectivity index is 1.78. The Labute approximate surface area is 195 Å². The minimum atomic E-state index is -0.443. The molecule has 160 valence electrons. The number of halogens is 2. The van der Waals surface area contributed by atoms with Gasteiger partial charge in [0, 0.05) is 38.8 Å². The van der Waals surface area contributed by atoms with Gasteiger partial charge in [0.05, 0.1) is 12.2 Å². The number of ketones is 1. The molecule has 1 aliphatic carbocycles. The minimum Gasteiger partial charge on any atom is -0.463 e. The Kier molecular flexibility index (Phi) is 6.35. The van der Waals surface area contributed by atoms with Crippen LogP contribution in [0.1, 0.15) is 49.7 Å². The van der Waals surface area contributed by atoms with Gasteiger partial charge in [-0.25, -0.2) is 4.79 Å². The number of ether oxygens (including phenoxy) is 1. The number of nitrogens with one attached hydrogen (secondary N) is 1. The molecular weight excluding hydrogens is 478 g/mol. The van der Waals surface area contributed by atoms with Gasteiger partial charge in [0.25, 0.3) is 0 Å². The second-order valence-electron chi connectivity index (χ2n) is 7.84. The van der Waals surface area contributed by atoms with Gasteiger partial charge >= 0.3 is 5.97 Å². The zero-order valence-corrected chi connectivity index (χ0v) is 19.7. The number of hydrogen-bond acceptors (Lipinski definition) is 4. The van der Waals surface area contributed by atoms with Gasteiger partial charge < -0.3 is 10.1 Å². The van der Waals surface area contributed by atoms with Gasteiger partial charge in [0.2, 0.25) is 0 Å². The van der Waals surface area contributed by atoms with E-state index >= 15 is 0 Å². The van der Waals surface area contributed by atoms with Crippen LogP contribution in [0.5, 0.6) is 0 Å². The minimum absolute atomic E-state index is 0.0518. The molecule has 2 aromatic rings. The van der Waals surface area contributed by atoms with Gasteiger partial charge in [-0.05, 0) is 61.6 Å². The predicted octanol–water partition coefficient (Wildman–Crippen LogP) is 6.03. The molecule has 0 amide bonds. The molecule has 1 heterocycles. The van der Waals surface area contributed by atoms with Gasteiger partial charge in [-0.3, -0.25) is 4.79 Å². The van der Waals surface area contributed by atoms with Crippen LogP contribution >= 0.6 is 27.5 Å². The number of benzene rings is 2. The van der Waals surface area contributed by atoms with Crippen molar-refractivity contribution < 1.29 is 14.3 Å². The Morgan fingerprint density at radius 1 is 1.10 bits per heavy atom. The first-order valence-electron chi connectivity index (χ1n) is 10.3. The molecule has 2 aliphatic rings. The first kappa shape index (κ1) is 21.8. The van der Waals surface area contributed by atoms with Crippen molar-refractivity contribution in [2.45, 2.75) is 38.5 Å². The van der Waals surface area contributed by atoms with E-state index in [0.717, 1.165) is 27.0 Å². The summed E-state index contributed by atoms with van der Waals surface area (Å²) in [6.07, 6.45) is 1.09. The van der Waals surface area contributed by atoms with E-state index in [2.05, 4.69) is 21.2 Å². The third-order valence-corrected chi connectivity index (χ3v) is 6.65. The van der Waals surface area contributed by atoms with Crippen molar-refractivity contribution in [3.8, 4) is 0 Å². The molecule has 1 aliphatic heterocycles. The van der Waals surface area contributed by atoms with E-state index in [1.165, 1.54) is 0 Å². The van der Waals surface area contributed by atoms with E-state index in [1.54, 1.807) is 6.92 Å². The normalized spacial score (nSPS) is 21.0. The highest BCUT2D eigenvalue weighted by atomic mass is 79.9. The molecule has 0 saturated heterocycles. The molecule has 0 saturated carbocycles. The average molecular weight is 501 g/mol. The fourth-order valence-corrected chi connectivity index (χ4v) is 4.87. The topological polar surface area (TPSA) is 55.4 Å². The molecule has 0 aromatic heterocycles. The maximum atomic E-state index is 13.5. The fourth-order valence-electron chi connectivity index (χ4n) is 4.48. The maximum Gasteiger partial charge on any atom is 0.336 e. The van der Waals surface area contributed by atoms with Crippen molar-refractivity contribution in [2.75, 3.05) is 6.61 Å². The number of dihydropyridines is 1. The summed E-state index contributed by atoms with van der Waals surface area (Å²) in [5.74, 6) is -0.712. The molecule has 6 heteroatoms. The summed E-state index contributed by atoms with van der Waals surface area (Å²) in [7, 11) is 0. The van der Waals surface area contributed by atoms with E-state index in [4.69, 9.17) is 16.3 Å². The molecule has 0 radical (unpaired) electrons. The van der Waals surface area contributed by atoms with Crippen molar-refractivity contribution in [1.29, 1.82) is 0 Å². The molecule has 4 nitrogen and oxygen atoms in total. The lowest BCUT2D eigenvalue weighted by Gasteiger charge is -2.36. The highest BCUT2D eigenvalue weighted by molar-refractivity contribution is 9.10. The number of rotatable bonds is 4. The molecule has 2 atom stereocenters. The van der Waals surface area contributed by atoms with Crippen molar-refractivity contribution in [3.05, 3.63) is 91.7 Å². The number of esters is 1. The molecule has 0 fully saturated rings. The molecule has 0 bridgehead atoms. The molecule has 31 heavy (non-hydrogen) atoms. The second-order valence-corrected chi connectivity index (χ2v) is 9.19. The smallest absolute Gasteiger partial charge is 0.336 e. The van der Waals surface area contributed by atoms with Crippen LogP contribution in [0, 0.1) is 0 Å². The van der Waals surface area contributed by atoms with Crippen LogP contribution in [-0.2, 0) is 14.3 Å². The fraction of sp³-hybridized carbons (Fsp3) is 0.280. The van der Waals surface area contributed by atoms with Gasteiger partial charge in [-0.1, -0.05) is 51.8 Å². The molecule has 0 spiro atoms. The first-order chi connectivity index (χ1) is 14.9. The van der Waals surface area contributed by atoms with Gasteiger partial charge in [0.1, 0.15) is 0 Å². The van der Waals surface area contributed by atoms with Crippen LogP contribution in [0.4, 0.5) is 0 Å². The molecular formula is C25H23BrClNO3. The lowest BCUT2D eigenvalue weighted by atomic mass is 9.72. The third kappa shape index (κ3) is 4.35. The number of Topliss-reactive ketones (excluding diaryl/α,β-unsaturated/α-hetero) is 1. The molecule has 0 unspecified atom stereocenters. The summed E-state index contributed by atoms with van der Waals surface area (Å²) in [5, 5.41) is 4.04. The predicted molar refractivity (Wildman–Crippen MR) is 125 cm³/mol. The van der Waals surface area contributed by atoms with E-state index < -0.39 is 5.92 Å². The second kappa shape index (κ2) is 9.01. The first-order valence-corrected chi connectivity index (χ1v) is 11.5. The summed E-state index contributed by atoms with van der Waals surface area (Å²) in [6.45, 7) is 3.94. The largest absolute Gasteiger partial charge is 0.463 e. The summed E-state index contributed by atoms with van der Waals surface area (Å²) in [5.41, 5.74) is 4.77. The molecule has 2 aromatic carbocycles. The van der Waals surface area contributed by atoms with Gasteiger partial charge in [-0.15, -0.1) is 0 Å². The standard InChI is InChI=1S/C25H23BrClNO3/c1-3-31-25(30)22-14(2)28-20-12-17(15-6-10-19(27)11-7-15)13-21(29)24(20)23(22)16-4-8-18(26)9-5-16/h4-11,17,23,28H,3,12-13H2,1-2H3/t17-,23+/m1/s1.